The molecule has 1 atom stereocenters. The van der Waals surface area contributed by atoms with E-state index in [2.05, 4.69) is 0 Å². The van der Waals surface area contributed by atoms with E-state index in [1.165, 1.54) is 38.5 Å². The van der Waals surface area contributed by atoms with E-state index in [4.69, 9.17) is 0 Å². The van der Waals surface area contributed by atoms with Crippen molar-refractivity contribution >= 4 is 0 Å². The molecule has 1 rings (SSSR count). The van der Waals surface area contributed by atoms with E-state index >= 15 is 0 Å². The zero-order chi connectivity index (χ0) is 19.3. The Labute approximate surface area is 159 Å². The number of aliphatic hydroxyl groups excluding tert-OH is 5. The molecule has 1 unspecified atom stereocenters. The highest BCUT2D eigenvalue weighted by molar-refractivity contribution is 5.01. The highest BCUT2D eigenvalue weighted by Crippen LogP contribution is 2.49. The van der Waals surface area contributed by atoms with Crippen LogP contribution < -0.4 is 0 Å². The third kappa shape index (κ3) is 5.90. The molecular weight excluding hydrogens is 332 g/mol. The van der Waals surface area contributed by atoms with Gasteiger partial charge in [0.1, 0.15) is 0 Å². The lowest BCUT2D eigenvalue weighted by atomic mass is 9.55. The van der Waals surface area contributed by atoms with Gasteiger partial charge in [-0.25, -0.2) is 0 Å². The maximum Gasteiger partial charge on any atom is 0.0520 e. The van der Waals surface area contributed by atoms with Crippen molar-refractivity contribution in [1.82, 2.24) is 0 Å². The number of hydrogen-bond acceptors (Lipinski definition) is 5. The van der Waals surface area contributed by atoms with Crippen LogP contribution in [0.3, 0.4) is 0 Å². The van der Waals surface area contributed by atoms with Crippen LogP contribution in [0.1, 0.15) is 83.5 Å². The van der Waals surface area contributed by atoms with Crippen LogP contribution >= 0.6 is 0 Å². The largest absolute Gasteiger partial charge is 0.396 e. The van der Waals surface area contributed by atoms with Crippen LogP contribution in [0.4, 0.5) is 0 Å². The Bertz CT molecular complexity index is 339. The minimum atomic E-state index is -1.07. The van der Waals surface area contributed by atoms with Crippen molar-refractivity contribution < 1.29 is 25.5 Å². The molecule has 5 heteroatoms. The molecule has 5 nitrogen and oxygen atoms in total. The molecule has 0 aromatic carbocycles. The number of hydrogen-bond donors (Lipinski definition) is 5. The minimum Gasteiger partial charge on any atom is -0.396 e. The second kappa shape index (κ2) is 13.1. The summed E-state index contributed by atoms with van der Waals surface area (Å²) in [7, 11) is 0. The Kier molecular flexibility index (Phi) is 12.0. The SMILES string of the molecule is OCC1CCCCCCCCCCCCCC(CO)(CO)C1(CO)CO. The highest BCUT2D eigenvalue weighted by Gasteiger charge is 2.53. The average Bonchev–Trinajstić information content (AvgIpc) is 2.68. The maximum atomic E-state index is 10.2. The van der Waals surface area contributed by atoms with Gasteiger partial charge in [-0.1, -0.05) is 70.6 Å². The fraction of sp³-hybridized carbons (Fsp3) is 1.00. The smallest absolute Gasteiger partial charge is 0.0520 e. The third-order valence-corrected chi connectivity index (χ3v) is 6.94. The second-order valence-corrected chi connectivity index (χ2v) is 8.38. The molecule has 5 N–H and O–H groups in total. The Morgan fingerprint density at radius 1 is 0.538 bits per heavy atom. The van der Waals surface area contributed by atoms with Crippen molar-refractivity contribution in [2.75, 3.05) is 33.0 Å². The molecule has 0 radical (unpaired) electrons. The molecule has 0 spiro atoms. The normalized spacial score (nSPS) is 26.4. The lowest BCUT2D eigenvalue weighted by Crippen LogP contribution is -2.57. The van der Waals surface area contributed by atoms with Gasteiger partial charge < -0.3 is 25.5 Å². The van der Waals surface area contributed by atoms with Gasteiger partial charge in [-0.3, -0.25) is 0 Å². The summed E-state index contributed by atoms with van der Waals surface area (Å²) in [5, 5.41) is 50.8. The van der Waals surface area contributed by atoms with Crippen LogP contribution in [0.25, 0.3) is 0 Å². The molecule has 1 fully saturated rings. The maximum absolute atomic E-state index is 10.2. The number of aliphatic hydroxyl groups is 5. The van der Waals surface area contributed by atoms with Crippen molar-refractivity contribution in [3.05, 3.63) is 0 Å². The fourth-order valence-electron chi connectivity index (χ4n) is 4.84. The highest BCUT2D eigenvalue weighted by atomic mass is 16.3. The van der Waals surface area contributed by atoms with E-state index in [1.807, 2.05) is 0 Å². The van der Waals surface area contributed by atoms with Crippen LogP contribution in [0, 0.1) is 16.7 Å². The molecule has 1 saturated carbocycles. The van der Waals surface area contributed by atoms with E-state index in [1.54, 1.807) is 0 Å². The Hall–Kier alpha value is -0.200. The summed E-state index contributed by atoms with van der Waals surface area (Å²) < 4.78 is 0. The van der Waals surface area contributed by atoms with Crippen LogP contribution in [0.15, 0.2) is 0 Å². The van der Waals surface area contributed by atoms with Gasteiger partial charge in [0.2, 0.25) is 0 Å². The van der Waals surface area contributed by atoms with Crippen LogP contribution in [0.2, 0.25) is 0 Å². The van der Waals surface area contributed by atoms with Gasteiger partial charge in [-0.15, -0.1) is 0 Å². The molecule has 0 amide bonds. The molecule has 0 aliphatic heterocycles. The fourth-order valence-corrected chi connectivity index (χ4v) is 4.84. The van der Waals surface area contributed by atoms with Crippen LogP contribution in [0.5, 0.6) is 0 Å². The predicted octanol–water partition coefficient (Wildman–Crippen LogP) is 2.62. The van der Waals surface area contributed by atoms with E-state index in [0.29, 0.717) is 12.8 Å². The summed E-state index contributed by atoms with van der Waals surface area (Å²) >= 11 is 0. The molecule has 0 aromatic rings. The predicted molar refractivity (Wildman–Crippen MR) is 104 cm³/mol. The Balaban J connectivity index is 3.02. The lowest BCUT2D eigenvalue weighted by molar-refractivity contribution is -0.159. The van der Waals surface area contributed by atoms with Crippen molar-refractivity contribution in [2.45, 2.75) is 83.5 Å². The Morgan fingerprint density at radius 3 is 1.35 bits per heavy atom. The van der Waals surface area contributed by atoms with Gasteiger partial charge in [0.05, 0.1) is 26.4 Å². The first-order chi connectivity index (χ1) is 12.7. The van der Waals surface area contributed by atoms with Gasteiger partial charge in [0, 0.05) is 17.4 Å². The van der Waals surface area contributed by atoms with Crippen LogP contribution in [-0.4, -0.2) is 58.6 Å². The molecule has 26 heavy (non-hydrogen) atoms. The zero-order valence-corrected chi connectivity index (χ0v) is 16.5. The average molecular weight is 375 g/mol. The monoisotopic (exact) mass is 374 g/mol. The summed E-state index contributed by atoms with van der Waals surface area (Å²) in [6, 6.07) is 0. The zero-order valence-electron chi connectivity index (χ0n) is 16.5. The molecule has 156 valence electrons. The van der Waals surface area contributed by atoms with Crippen LogP contribution in [-0.2, 0) is 0 Å². The molecule has 0 bridgehead atoms. The van der Waals surface area contributed by atoms with Crippen molar-refractivity contribution in [3.63, 3.8) is 0 Å². The standard InChI is InChI=1S/C21H42O5/c22-14-19-12-10-8-6-4-2-1-3-5-7-9-11-13-20(15-23,16-24)21(19,17-25)18-26/h19,22-26H,1-18H2. The summed E-state index contributed by atoms with van der Waals surface area (Å²) in [5.74, 6) is -0.329. The van der Waals surface area contributed by atoms with Gasteiger partial charge in [0.15, 0.2) is 0 Å². The molecule has 0 saturated heterocycles. The molecule has 0 heterocycles. The molecule has 1 aliphatic rings. The van der Waals surface area contributed by atoms with E-state index in [-0.39, 0.29) is 39.0 Å². The van der Waals surface area contributed by atoms with Gasteiger partial charge >= 0.3 is 0 Å². The minimum absolute atomic E-state index is 0.150. The van der Waals surface area contributed by atoms with E-state index < -0.39 is 10.8 Å². The topological polar surface area (TPSA) is 101 Å². The lowest BCUT2D eigenvalue weighted by Gasteiger charge is -2.51. The van der Waals surface area contributed by atoms with Crippen molar-refractivity contribution in [3.8, 4) is 0 Å². The van der Waals surface area contributed by atoms with Crippen molar-refractivity contribution in [1.29, 1.82) is 0 Å². The van der Waals surface area contributed by atoms with E-state index in [0.717, 1.165) is 32.1 Å². The third-order valence-electron chi connectivity index (χ3n) is 6.94. The van der Waals surface area contributed by atoms with Gasteiger partial charge in [-0.2, -0.15) is 0 Å². The summed E-state index contributed by atoms with van der Waals surface area (Å²) in [6.45, 7) is -1.41. The quantitative estimate of drug-likeness (QED) is 0.509. The van der Waals surface area contributed by atoms with E-state index in [9.17, 15) is 25.5 Å². The first-order valence-electron chi connectivity index (χ1n) is 10.7. The summed E-state index contributed by atoms with van der Waals surface area (Å²) in [5.41, 5.74) is -2.04. The second-order valence-electron chi connectivity index (χ2n) is 8.38. The summed E-state index contributed by atoms with van der Waals surface area (Å²) in [6.07, 6.45) is 13.8. The first kappa shape index (κ1) is 23.8. The van der Waals surface area contributed by atoms with Crippen molar-refractivity contribution in [2.24, 2.45) is 16.7 Å². The molecule has 0 aromatic heterocycles. The van der Waals surface area contributed by atoms with Gasteiger partial charge in [0.25, 0.3) is 0 Å². The molecular formula is C21H42O5. The van der Waals surface area contributed by atoms with Gasteiger partial charge in [-0.05, 0) is 18.8 Å². The first-order valence-corrected chi connectivity index (χ1v) is 10.7. The Morgan fingerprint density at radius 2 is 0.962 bits per heavy atom. The number of rotatable bonds is 5. The molecule has 1 aliphatic carbocycles. The summed E-state index contributed by atoms with van der Waals surface area (Å²) in [4.78, 5) is 0.